The molecule has 5 rings (SSSR count). The molecule has 35 heavy (non-hydrogen) atoms. The lowest BCUT2D eigenvalue weighted by Crippen LogP contribution is -2.44. The summed E-state index contributed by atoms with van der Waals surface area (Å²) >= 11 is 0. The van der Waals surface area contributed by atoms with Crippen molar-refractivity contribution in [2.24, 2.45) is 0 Å². The normalized spacial score (nSPS) is 14.7. The van der Waals surface area contributed by atoms with Crippen LogP contribution in [0.3, 0.4) is 0 Å². The Kier molecular flexibility index (Phi) is 6.72. The van der Waals surface area contributed by atoms with Gasteiger partial charge in [0, 0.05) is 24.7 Å². The second kappa shape index (κ2) is 10.1. The van der Waals surface area contributed by atoms with Crippen molar-refractivity contribution in [3.63, 3.8) is 0 Å². The van der Waals surface area contributed by atoms with Crippen molar-refractivity contribution in [2.45, 2.75) is 30.3 Å². The Labute approximate surface area is 205 Å². The summed E-state index contributed by atoms with van der Waals surface area (Å²) in [5.74, 6) is 0.991. The summed E-state index contributed by atoms with van der Waals surface area (Å²) in [5, 5.41) is 5.93. The summed E-state index contributed by atoms with van der Waals surface area (Å²) in [6.07, 6.45) is 0.555. The first-order chi connectivity index (χ1) is 17.0. The van der Waals surface area contributed by atoms with Crippen molar-refractivity contribution in [3.05, 3.63) is 102 Å². The average Bonchev–Trinajstić information content (AvgIpc) is 3.35. The monoisotopic (exact) mass is 488 g/mol. The number of sulfonamides is 1. The molecule has 0 amide bonds. The Morgan fingerprint density at radius 1 is 0.857 bits per heavy atom. The van der Waals surface area contributed by atoms with Crippen LogP contribution in [0.5, 0.6) is 11.5 Å². The lowest BCUT2D eigenvalue weighted by Gasteiger charge is -2.23. The van der Waals surface area contributed by atoms with Gasteiger partial charge in [-0.05, 0) is 47.4 Å². The van der Waals surface area contributed by atoms with Gasteiger partial charge in [0.05, 0.1) is 4.90 Å². The fraction of sp³-hybridized carbons (Fsp3) is 0.214. The van der Waals surface area contributed by atoms with Crippen LogP contribution >= 0.6 is 0 Å². The third-order valence-corrected chi connectivity index (χ3v) is 7.78. The van der Waals surface area contributed by atoms with Gasteiger partial charge in [-0.3, -0.25) is 0 Å². The first-order valence-electron chi connectivity index (χ1n) is 11.7. The van der Waals surface area contributed by atoms with Crippen molar-refractivity contribution in [2.75, 3.05) is 13.3 Å². The standard InChI is InChI=1S/C28H28N2O4S/c1-20(25-13-7-11-22-10-5-6-12-26(22)25)29-18-23(16-21-8-3-2-4-9-21)30-35(31,32)24-14-15-27-28(17-24)34-19-33-27/h2-15,17,20,23,29-30H,16,18-19H2,1H3. The third-order valence-electron chi connectivity index (χ3n) is 6.26. The highest BCUT2D eigenvalue weighted by Crippen LogP contribution is 2.34. The third kappa shape index (κ3) is 5.32. The molecular formula is C28H28N2O4S. The minimum absolute atomic E-state index is 0.0365. The van der Waals surface area contributed by atoms with E-state index >= 15 is 0 Å². The van der Waals surface area contributed by atoms with Gasteiger partial charge in [-0.15, -0.1) is 0 Å². The van der Waals surface area contributed by atoms with E-state index in [0.717, 1.165) is 5.56 Å². The zero-order valence-electron chi connectivity index (χ0n) is 19.5. The summed E-state index contributed by atoms with van der Waals surface area (Å²) in [6, 6.07) is 28.8. The predicted molar refractivity (Wildman–Crippen MR) is 137 cm³/mol. The Morgan fingerprint density at radius 2 is 1.60 bits per heavy atom. The summed E-state index contributed by atoms with van der Waals surface area (Å²) in [6.45, 7) is 2.66. The van der Waals surface area contributed by atoms with Crippen molar-refractivity contribution in [1.82, 2.24) is 10.0 Å². The molecule has 4 aromatic carbocycles. The number of ether oxygens (including phenoxy) is 2. The molecule has 7 heteroatoms. The van der Waals surface area contributed by atoms with E-state index in [2.05, 4.69) is 47.3 Å². The SMILES string of the molecule is CC(NCC(Cc1ccccc1)NS(=O)(=O)c1ccc2c(c1)OCO2)c1cccc2ccccc12. The van der Waals surface area contributed by atoms with E-state index in [9.17, 15) is 8.42 Å². The highest BCUT2D eigenvalue weighted by Gasteiger charge is 2.24. The molecular weight excluding hydrogens is 460 g/mol. The molecule has 0 saturated carbocycles. The molecule has 1 aliphatic rings. The summed E-state index contributed by atoms with van der Waals surface area (Å²) in [5.41, 5.74) is 2.24. The largest absolute Gasteiger partial charge is 0.454 e. The van der Waals surface area contributed by atoms with E-state index < -0.39 is 10.0 Å². The zero-order chi connectivity index (χ0) is 24.3. The maximum absolute atomic E-state index is 13.3. The maximum Gasteiger partial charge on any atom is 0.241 e. The zero-order valence-corrected chi connectivity index (χ0v) is 20.3. The van der Waals surface area contributed by atoms with Gasteiger partial charge in [0.15, 0.2) is 11.5 Å². The maximum atomic E-state index is 13.3. The van der Waals surface area contributed by atoms with Crippen LogP contribution in [-0.2, 0) is 16.4 Å². The second-order valence-electron chi connectivity index (χ2n) is 8.72. The Bertz CT molecular complexity index is 1420. The molecule has 1 heterocycles. The van der Waals surface area contributed by atoms with Crippen LogP contribution in [0.25, 0.3) is 10.8 Å². The molecule has 0 aromatic heterocycles. The molecule has 6 nitrogen and oxygen atoms in total. The topological polar surface area (TPSA) is 76.7 Å². The molecule has 4 aromatic rings. The van der Waals surface area contributed by atoms with Crippen LogP contribution in [0.1, 0.15) is 24.1 Å². The number of fused-ring (bicyclic) bond motifs is 2. The molecule has 0 aliphatic carbocycles. The highest BCUT2D eigenvalue weighted by atomic mass is 32.2. The molecule has 180 valence electrons. The Hall–Kier alpha value is -3.39. The van der Waals surface area contributed by atoms with Crippen LogP contribution in [0.4, 0.5) is 0 Å². The minimum atomic E-state index is -3.77. The lowest BCUT2D eigenvalue weighted by molar-refractivity contribution is 0.174. The molecule has 1 aliphatic heterocycles. The van der Waals surface area contributed by atoms with Crippen LogP contribution in [-0.4, -0.2) is 27.8 Å². The van der Waals surface area contributed by atoms with Crippen molar-refractivity contribution in [1.29, 1.82) is 0 Å². The number of hydrogen-bond donors (Lipinski definition) is 2. The molecule has 0 bridgehead atoms. The van der Waals surface area contributed by atoms with E-state index in [1.165, 1.54) is 22.4 Å². The number of rotatable bonds is 9. The van der Waals surface area contributed by atoms with E-state index in [1.807, 2.05) is 42.5 Å². The van der Waals surface area contributed by atoms with E-state index in [0.29, 0.717) is 24.5 Å². The summed E-state index contributed by atoms with van der Waals surface area (Å²) in [7, 11) is -3.77. The molecule has 0 fully saturated rings. The molecule has 2 atom stereocenters. The fourth-order valence-electron chi connectivity index (χ4n) is 4.44. The van der Waals surface area contributed by atoms with Gasteiger partial charge in [0.25, 0.3) is 0 Å². The van der Waals surface area contributed by atoms with Crippen LogP contribution in [0.2, 0.25) is 0 Å². The van der Waals surface area contributed by atoms with Crippen LogP contribution < -0.4 is 19.5 Å². The van der Waals surface area contributed by atoms with Gasteiger partial charge < -0.3 is 14.8 Å². The fourth-order valence-corrected chi connectivity index (χ4v) is 5.69. The number of nitrogens with one attached hydrogen (secondary N) is 2. The van der Waals surface area contributed by atoms with Gasteiger partial charge in [0.1, 0.15) is 0 Å². The first-order valence-corrected chi connectivity index (χ1v) is 13.1. The lowest BCUT2D eigenvalue weighted by atomic mass is 9.99. The molecule has 0 spiro atoms. The predicted octanol–water partition coefficient (Wildman–Crippen LogP) is 4.81. The van der Waals surface area contributed by atoms with E-state index in [-0.39, 0.29) is 23.8 Å². The van der Waals surface area contributed by atoms with Gasteiger partial charge in [0.2, 0.25) is 16.8 Å². The quantitative estimate of drug-likeness (QED) is 0.354. The minimum Gasteiger partial charge on any atom is -0.454 e. The molecule has 0 saturated heterocycles. The summed E-state index contributed by atoms with van der Waals surface area (Å²) in [4.78, 5) is 0.155. The Morgan fingerprint density at radius 3 is 2.46 bits per heavy atom. The summed E-state index contributed by atoms with van der Waals surface area (Å²) < 4.78 is 40.2. The van der Waals surface area contributed by atoms with Gasteiger partial charge >= 0.3 is 0 Å². The van der Waals surface area contributed by atoms with Gasteiger partial charge in [-0.2, -0.15) is 0 Å². The van der Waals surface area contributed by atoms with Crippen LogP contribution in [0, 0.1) is 0 Å². The second-order valence-corrected chi connectivity index (χ2v) is 10.4. The van der Waals surface area contributed by atoms with Crippen molar-refractivity contribution >= 4 is 20.8 Å². The molecule has 2 unspecified atom stereocenters. The van der Waals surface area contributed by atoms with Crippen LogP contribution in [0.15, 0.2) is 95.9 Å². The van der Waals surface area contributed by atoms with Gasteiger partial charge in [-0.1, -0.05) is 72.8 Å². The smallest absolute Gasteiger partial charge is 0.241 e. The van der Waals surface area contributed by atoms with E-state index in [1.54, 1.807) is 12.1 Å². The van der Waals surface area contributed by atoms with Crippen molar-refractivity contribution < 1.29 is 17.9 Å². The van der Waals surface area contributed by atoms with Gasteiger partial charge in [-0.25, -0.2) is 13.1 Å². The number of hydrogen-bond acceptors (Lipinski definition) is 5. The number of benzene rings is 4. The molecule has 0 radical (unpaired) electrons. The molecule has 2 N–H and O–H groups in total. The average molecular weight is 489 g/mol. The van der Waals surface area contributed by atoms with Crippen molar-refractivity contribution in [3.8, 4) is 11.5 Å². The highest BCUT2D eigenvalue weighted by molar-refractivity contribution is 7.89. The Balaban J connectivity index is 1.36. The first kappa shape index (κ1) is 23.4. The van der Waals surface area contributed by atoms with E-state index in [4.69, 9.17) is 9.47 Å².